The van der Waals surface area contributed by atoms with Gasteiger partial charge in [-0.1, -0.05) is 40.2 Å². The van der Waals surface area contributed by atoms with E-state index in [1.165, 1.54) is 6.92 Å². The van der Waals surface area contributed by atoms with Crippen molar-refractivity contribution in [2.75, 3.05) is 5.33 Å². The molecule has 4 nitrogen and oxygen atoms in total. The van der Waals surface area contributed by atoms with Crippen molar-refractivity contribution in [3.8, 4) is 0 Å². The molecular weight excluding hydrogens is 284 g/mol. The number of carbonyl (C=O) groups excluding carboxylic acids is 2. The Kier molecular flexibility index (Phi) is 5.69. The first kappa shape index (κ1) is 13.7. The Labute approximate surface area is 109 Å². The van der Waals surface area contributed by atoms with E-state index in [1.807, 2.05) is 24.3 Å². The maximum atomic E-state index is 11.0. The van der Waals surface area contributed by atoms with Gasteiger partial charge in [0.25, 0.3) is 0 Å². The Hall–Kier alpha value is -1.36. The summed E-state index contributed by atoms with van der Waals surface area (Å²) in [7, 11) is 0. The molecule has 0 saturated heterocycles. The molecule has 0 heterocycles. The van der Waals surface area contributed by atoms with Gasteiger partial charge in [0, 0.05) is 20.0 Å². The summed E-state index contributed by atoms with van der Waals surface area (Å²) in [6.07, 6.45) is 0. The summed E-state index contributed by atoms with van der Waals surface area (Å²) in [5.74, 6) is -0.0778. The van der Waals surface area contributed by atoms with Crippen LogP contribution in [0.4, 0.5) is 0 Å². The summed E-state index contributed by atoms with van der Waals surface area (Å²) in [6.45, 7) is 2.54. The summed E-state index contributed by atoms with van der Waals surface area (Å²) >= 11 is 3.08. The van der Waals surface area contributed by atoms with E-state index in [0.29, 0.717) is 18.4 Å². The standard InChI is InChI=1S/C12H15BrN2O2/c1-9(16)14-7-10-2-4-11(5-3-10)8-15-12(17)6-13/h2-5H,6-8H2,1H3,(H,14,16)(H,15,17). The molecule has 0 unspecified atom stereocenters. The van der Waals surface area contributed by atoms with E-state index < -0.39 is 0 Å². The van der Waals surface area contributed by atoms with Gasteiger partial charge < -0.3 is 10.6 Å². The third kappa shape index (κ3) is 5.49. The van der Waals surface area contributed by atoms with Crippen LogP contribution >= 0.6 is 15.9 Å². The van der Waals surface area contributed by atoms with Gasteiger partial charge in [-0.15, -0.1) is 0 Å². The number of amides is 2. The SMILES string of the molecule is CC(=O)NCc1ccc(CNC(=O)CBr)cc1. The first-order valence-electron chi connectivity index (χ1n) is 5.26. The average Bonchev–Trinajstić information content (AvgIpc) is 2.34. The zero-order chi connectivity index (χ0) is 12.7. The summed E-state index contributed by atoms with van der Waals surface area (Å²) < 4.78 is 0. The molecule has 0 aliphatic rings. The van der Waals surface area contributed by atoms with Crippen LogP contribution in [0.25, 0.3) is 0 Å². The van der Waals surface area contributed by atoms with Gasteiger partial charge in [-0.2, -0.15) is 0 Å². The fourth-order valence-electron chi connectivity index (χ4n) is 1.25. The minimum Gasteiger partial charge on any atom is -0.352 e. The second-order valence-corrected chi connectivity index (χ2v) is 4.20. The number of rotatable bonds is 5. The van der Waals surface area contributed by atoms with Crippen LogP contribution in [0.2, 0.25) is 0 Å². The van der Waals surface area contributed by atoms with Gasteiger partial charge in [0.2, 0.25) is 11.8 Å². The molecule has 0 aromatic heterocycles. The number of nitrogens with one attached hydrogen (secondary N) is 2. The highest BCUT2D eigenvalue weighted by Crippen LogP contribution is 2.04. The number of hydrogen-bond donors (Lipinski definition) is 2. The summed E-state index contributed by atoms with van der Waals surface area (Å²) in [5.41, 5.74) is 2.07. The molecule has 0 atom stereocenters. The van der Waals surface area contributed by atoms with Crippen molar-refractivity contribution < 1.29 is 9.59 Å². The van der Waals surface area contributed by atoms with Crippen molar-refractivity contribution in [2.24, 2.45) is 0 Å². The molecule has 1 rings (SSSR count). The second-order valence-electron chi connectivity index (χ2n) is 3.64. The number of halogens is 1. The number of hydrogen-bond acceptors (Lipinski definition) is 2. The highest BCUT2D eigenvalue weighted by atomic mass is 79.9. The highest BCUT2D eigenvalue weighted by Gasteiger charge is 1.99. The molecule has 2 N–H and O–H groups in total. The Bertz CT molecular complexity index is 390. The Morgan fingerprint density at radius 2 is 1.53 bits per heavy atom. The number of alkyl halides is 1. The molecule has 0 aliphatic heterocycles. The van der Waals surface area contributed by atoms with Crippen molar-refractivity contribution in [1.29, 1.82) is 0 Å². The van der Waals surface area contributed by atoms with Crippen molar-refractivity contribution in [2.45, 2.75) is 20.0 Å². The Balaban J connectivity index is 2.44. The fourth-order valence-corrected chi connectivity index (χ4v) is 1.45. The van der Waals surface area contributed by atoms with E-state index in [-0.39, 0.29) is 11.8 Å². The van der Waals surface area contributed by atoms with E-state index in [1.54, 1.807) is 0 Å². The van der Waals surface area contributed by atoms with E-state index >= 15 is 0 Å². The fraction of sp³-hybridized carbons (Fsp3) is 0.333. The normalized spacial score (nSPS) is 9.76. The molecule has 0 aliphatic carbocycles. The minimum absolute atomic E-state index is 0.0349. The molecule has 1 aromatic carbocycles. The third-order valence-electron chi connectivity index (χ3n) is 2.18. The van der Waals surface area contributed by atoms with Crippen molar-refractivity contribution in [3.63, 3.8) is 0 Å². The van der Waals surface area contributed by atoms with Crippen molar-refractivity contribution >= 4 is 27.7 Å². The average molecular weight is 299 g/mol. The van der Waals surface area contributed by atoms with Gasteiger partial charge in [-0.25, -0.2) is 0 Å². The van der Waals surface area contributed by atoms with Crippen molar-refractivity contribution in [1.82, 2.24) is 10.6 Å². The lowest BCUT2D eigenvalue weighted by Gasteiger charge is -2.06. The lowest BCUT2D eigenvalue weighted by molar-refractivity contribution is -0.119. The first-order chi connectivity index (χ1) is 8.11. The second kappa shape index (κ2) is 7.06. The predicted molar refractivity (Wildman–Crippen MR) is 69.6 cm³/mol. The lowest BCUT2D eigenvalue weighted by atomic mass is 10.1. The van der Waals surface area contributed by atoms with Crippen LogP contribution in [0, 0.1) is 0 Å². The molecule has 0 spiro atoms. The van der Waals surface area contributed by atoms with E-state index in [2.05, 4.69) is 26.6 Å². The Morgan fingerprint density at radius 1 is 1.06 bits per heavy atom. The number of benzene rings is 1. The summed E-state index contributed by atoms with van der Waals surface area (Å²) in [5, 5.41) is 5.80. The third-order valence-corrected chi connectivity index (χ3v) is 2.68. The van der Waals surface area contributed by atoms with Gasteiger partial charge in [0.05, 0.1) is 5.33 Å². The molecule has 0 bridgehead atoms. The highest BCUT2D eigenvalue weighted by molar-refractivity contribution is 9.09. The monoisotopic (exact) mass is 298 g/mol. The molecule has 92 valence electrons. The van der Waals surface area contributed by atoms with Gasteiger partial charge in [-0.3, -0.25) is 9.59 Å². The summed E-state index contributed by atoms with van der Waals surface area (Å²) in [4.78, 5) is 21.8. The van der Waals surface area contributed by atoms with Crippen LogP contribution in [0.15, 0.2) is 24.3 Å². The van der Waals surface area contributed by atoms with Crippen LogP contribution in [0.1, 0.15) is 18.1 Å². The maximum Gasteiger partial charge on any atom is 0.230 e. The molecule has 2 amide bonds. The topological polar surface area (TPSA) is 58.2 Å². The van der Waals surface area contributed by atoms with Crippen molar-refractivity contribution in [3.05, 3.63) is 35.4 Å². The van der Waals surface area contributed by atoms with Crippen LogP contribution in [-0.4, -0.2) is 17.1 Å². The molecule has 0 radical (unpaired) electrons. The van der Waals surface area contributed by atoms with Gasteiger partial charge >= 0.3 is 0 Å². The van der Waals surface area contributed by atoms with E-state index in [4.69, 9.17) is 0 Å². The smallest absolute Gasteiger partial charge is 0.230 e. The lowest BCUT2D eigenvalue weighted by Crippen LogP contribution is -2.23. The Morgan fingerprint density at radius 3 is 1.94 bits per heavy atom. The molecule has 0 fully saturated rings. The van der Waals surface area contributed by atoms with E-state index in [0.717, 1.165) is 11.1 Å². The molecule has 5 heteroatoms. The van der Waals surface area contributed by atoms with Crippen LogP contribution < -0.4 is 10.6 Å². The van der Waals surface area contributed by atoms with Gasteiger partial charge in [0.1, 0.15) is 0 Å². The van der Waals surface area contributed by atoms with E-state index in [9.17, 15) is 9.59 Å². The molecule has 1 aromatic rings. The van der Waals surface area contributed by atoms with Crippen LogP contribution in [-0.2, 0) is 22.7 Å². The maximum absolute atomic E-state index is 11.0. The summed E-state index contributed by atoms with van der Waals surface area (Å²) in [6, 6.07) is 7.74. The van der Waals surface area contributed by atoms with Gasteiger partial charge in [0.15, 0.2) is 0 Å². The predicted octanol–water partition coefficient (Wildman–Crippen LogP) is 1.33. The van der Waals surface area contributed by atoms with Crippen LogP contribution in [0.5, 0.6) is 0 Å². The minimum atomic E-state index is -0.0429. The van der Waals surface area contributed by atoms with Crippen LogP contribution in [0.3, 0.4) is 0 Å². The first-order valence-corrected chi connectivity index (χ1v) is 6.39. The number of carbonyl (C=O) groups is 2. The molecule has 0 saturated carbocycles. The zero-order valence-electron chi connectivity index (χ0n) is 9.63. The molecular formula is C12H15BrN2O2. The largest absolute Gasteiger partial charge is 0.352 e. The zero-order valence-corrected chi connectivity index (χ0v) is 11.2. The van der Waals surface area contributed by atoms with Gasteiger partial charge in [-0.05, 0) is 11.1 Å². The molecule has 17 heavy (non-hydrogen) atoms. The quantitative estimate of drug-likeness (QED) is 0.806.